The molecular formula is C21H22N6O4S. The molecule has 0 radical (unpaired) electrons. The molecule has 32 heavy (non-hydrogen) atoms. The molecule has 0 bridgehead atoms. The number of anilines is 1. The van der Waals surface area contributed by atoms with E-state index in [1.807, 2.05) is 25.1 Å². The van der Waals surface area contributed by atoms with Gasteiger partial charge in [-0.2, -0.15) is 10.1 Å². The van der Waals surface area contributed by atoms with Crippen molar-refractivity contribution in [1.82, 2.24) is 25.1 Å². The number of nitrogens with two attached hydrogens (primary N) is 1. The second-order valence-electron chi connectivity index (χ2n) is 7.52. The van der Waals surface area contributed by atoms with Gasteiger partial charge in [0.2, 0.25) is 0 Å². The fourth-order valence-electron chi connectivity index (χ4n) is 3.18. The summed E-state index contributed by atoms with van der Waals surface area (Å²) < 4.78 is 29.4. The molecule has 3 aromatic heterocycles. The van der Waals surface area contributed by atoms with Crippen LogP contribution in [0.4, 0.5) is 5.82 Å². The first-order valence-electron chi connectivity index (χ1n) is 9.85. The highest BCUT2D eigenvalue weighted by Crippen LogP contribution is 2.25. The van der Waals surface area contributed by atoms with E-state index in [-0.39, 0.29) is 35.4 Å². The molecule has 0 aliphatic carbocycles. The predicted molar refractivity (Wildman–Crippen MR) is 120 cm³/mol. The maximum Gasteiger partial charge on any atom is 0.287 e. The Kier molecular flexibility index (Phi) is 5.66. The lowest BCUT2D eigenvalue weighted by atomic mass is 10.1. The molecule has 4 rings (SSSR count). The number of rotatable bonds is 7. The van der Waals surface area contributed by atoms with Crippen LogP contribution in [0, 0.1) is 6.92 Å². The van der Waals surface area contributed by atoms with Crippen molar-refractivity contribution >= 4 is 32.7 Å². The van der Waals surface area contributed by atoms with Gasteiger partial charge in [0.25, 0.3) is 11.9 Å². The van der Waals surface area contributed by atoms with Crippen LogP contribution < -0.4 is 11.1 Å². The van der Waals surface area contributed by atoms with Gasteiger partial charge in [-0.15, -0.1) is 0 Å². The Hall–Kier alpha value is -3.73. The molecule has 0 saturated heterocycles. The Morgan fingerprint density at radius 1 is 1.22 bits per heavy atom. The fraction of sp³-hybridized carbons (Fsp3) is 0.238. The summed E-state index contributed by atoms with van der Waals surface area (Å²) in [6.45, 7) is 2.22. The Morgan fingerprint density at radius 2 is 2.03 bits per heavy atom. The largest absolute Gasteiger partial charge is 0.445 e. The van der Waals surface area contributed by atoms with Gasteiger partial charge in [0.15, 0.2) is 17.2 Å². The molecule has 0 saturated carbocycles. The summed E-state index contributed by atoms with van der Waals surface area (Å²) in [5.74, 6) is -0.163. The van der Waals surface area contributed by atoms with Gasteiger partial charge in [-0.1, -0.05) is 29.8 Å². The minimum Gasteiger partial charge on any atom is -0.445 e. The molecule has 0 atom stereocenters. The molecule has 0 fully saturated rings. The van der Waals surface area contributed by atoms with Crippen LogP contribution in [0.5, 0.6) is 0 Å². The molecule has 4 aromatic rings. The summed E-state index contributed by atoms with van der Waals surface area (Å²) in [4.78, 5) is 21.0. The molecule has 0 unspecified atom stereocenters. The van der Waals surface area contributed by atoms with Crippen molar-refractivity contribution in [3.63, 3.8) is 0 Å². The number of furan rings is 1. The fourth-order valence-corrected chi connectivity index (χ4v) is 3.85. The van der Waals surface area contributed by atoms with E-state index in [0.717, 1.165) is 22.9 Å². The number of aryl methyl sites for hydroxylation is 1. The minimum atomic E-state index is -3.08. The number of aromatic nitrogens is 4. The van der Waals surface area contributed by atoms with Crippen molar-refractivity contribution in [1.29, 1.82) is 0 Å². The highest BCUT2D eigenvalue weighted by Gasteiger charge is 2.18. The summed E-state index contributed by atoms with van der Waals surface area (Å²) in [5.41, 5.74) is 9.64. The molecule has 10 nitrogen and oxygen atoms in total. The standard InChI is InChI=1S/C21H22N6O4S/c1-13-5-3-6-14(9-13)15-11-24-27(12-15)21-25-16-10-17(31-18(16)19(22)26-21)20(28)23-7-4-8-32(2,29)30/h3,5-6,9-12H,4,7-8H2,1-2H3,(H,23,28)(H2,22,25,26). The van der Waals surface area contributed by atoms with Crippen LogP contribution in [0.2, 0.25) is 0 Å². The smallest absolute Gasteiger partial charge is 0.287 e. The van der Waals surface area contributed by atoms with E-state index >= 15 is 0 Å². The van der Waals surface area contributed by atoms with E-state index in [1.54, 1.807) is 12.4 Å². The summed E-state index contributed by atoms with van der Waals surface area (Å²) in [5, 5.41) is 6.95. The van der Waals surface area contributed by atoms with Gasteiger partial charge in [0.1, 0.15) is 15.4 Å². The molecule has 1 amide bonds. The minimum absolute atomic E-state index is 0.0103. The van der Waals surface area contributed by atoms with Crippen LogP contribution in [0.15, 0.2) is 47.1 Å². The lowest BCUT2D eigenvalue weighted by molar-refractivity contribution is 0.0928. The topological polar surface area (TPSA) is 146 Å². The summed E-state index contributed by atoms with van der Waals surface area (Å²) in [7, 11) is -3.08. The quantitative estimate of drug-likeness (QED) is 0.404. The number of hydrogen-bond acceptors (Lipinski definition) is 8. The first-order chi connectivity index (χ1) is 15.2. The highest BCUT2D eigenvalue weighted by atomic mass is 32.2. The maximum atomic E-state index is 12.3. The van der Waals surface area contributed by atoms with E-state index < -0.39 is 15.7 Å². The number of carbonyl (C=O) groups excluding carboxylic acids is 1. The molecule has 3 heterocycles. The van der Waals surface area contributed by atoms with Crippen LogP contribution >= 0.6 is 0 Å². The van der Waals surface area contributed by atoms with Crippen molar-refractivity contribution in [3.05, 3.63) is 54.0 Å². The van der Waals surface area contributed by atoms with Crippen molar-refractivity contribution in [2.24, 2.45) is 0 Å². The van der Waals surface area contributed by atoms with Gasteiger partial charge in [0.05, 0.1) is 11.9 Å². The average Bonchev–Trinajstić information content (AvgIpc) is 3.38. The molecular weight excluding hydrogens is 432 g/mol. The normalized spacial score (nSPS) is 11.7. The van der Waals surface area contributed by atoms with Crippen LogP contribution in [0.25, 0.3) is 28.2 Å². The number of hydrogen-bond donors (Lipinski definition) is 2. The highest BCUT2D eigenvalue weighted by molar-refractivity contribution is 7.90. The molecule has 0 spiro atoms. The van der Waals surface area contributed by atoms with Crippen LogP contribution in [0.1, 0.15) is 22.5 Å². The number of sulfone groups is 1. The van der Waals surface area contributed by atoms with Gasteiger partial charge < -0.3 is 15.5 Å². The molecule has 0 aliphatic rings. The van der Waals surface area contributed by atoms with Crippen molar-refractivity contribution < 1.29 is 17.6 Å². The summed E-state index contributed by atoms with van der Waals surface area (Å²) in [6, 6.07) is 9.50. The average molecular weight is 455 g/mol. The van der Waals surface area contributed by atoms with Crippen LogP contribution in [-0.2, 0) is 9.84 Å². The van der Waals surface area contributed by atoms with Gasteiger partial charge in [-0.05, 0) is 18.9 Å². The number of carbonyl (C=O) groups is 1. The first kappa shape index (κ1) is 21.5. The maximum absolute atomic E-state index is 12.3. The number of fused-ring (bicyclic) bond motifs is 1. The number of nitrogens with zero attached hydrogens (tertiary/aromatic N) is 4. The number of nitrogen functional groups attached to an aromatic ring is 1. The Morgan fingerprint density at radius 3 is 2.78 bits per heavy atom. The Labute approximate surface area is 184 Å². The van der Waals surface area contributed by atoms with Crippen LogP contribution in [0.3, 0.4) is 0 Å². The van der Waals surface area contributed by atoms with Gasteiger partial charge >= 0.3 is 0 Å². The van der Waals surface area contributed by atoms with Crippen molar-refractivity contribution in [2.45, 2.75) is 13.3 Å². The second kappa shape index (κ2) is 8.42. The zero-order chi connectivity index (χ0) is 22.9. The number of amides is 1. The van der Waals surface area contributed by atoms with E-state index in [9.17, 15) is 13.2 Å². The molecule has 1 aromatic carbocycles. The van der Waals surface area contributed by atoms with E-state index in [0.29, 0.717) is 11.9 Å². The lowest BCUT2D eigenvalue weighted by Gasteiger charge is -2.02. The predicted octanol–water partition coefficient (Wildman–Crippen LogP) is 2.13. The second-order valence-corrected chi connectivity index (χ2v) is 9.78. The summed E-state index contributed by atoms with van der Waals surface area (Å²) in [6.07, 6.45) is 4.96. The molecule has 0 aliphatic heterocycles. The van der Waals surface area contributed by atoms with E-state index in [4.69, 9.17) is 10.2 Å². The van der Waals surface area contributed by atoms with Crippen molar-refractivity contribution in [2.75, 3.05) is 24.3 Å². The third-order valence-electron chi connectivity index (χ3n) is 4.73. The third-order valence-corrected chi connectivity index (χ3v) is 5.76. The number of nitrogens with one attached hydrogen (secondary N) is 1. The third kappa shape index (κ3) is 4.78. The van der Waals surface area contributed by atoms with Gasteiger partial charge in [-0.3, -0.25) is 4.79 Å². The van der Waals surface area contributed by atoms with Gasteiger partial charge in [-0.25, -0.2) is 18.1 Å². The number of benzene rings is 1. The zero-order valence-electron chi connectivity index (χ0n) is 17.6. The zero-order valence-corrected chi connectivity index (χ0v) is 18.4. The Bertz CT molecular complexity index is 1410. The Balaban J connectivity index is 1.55. The van der Waals surface area contributed by atoms with E-state index in [1.165, 1.54) is 10.7 Å². The monoisotopic (exact) mass is 454 g/mol. The first-order valence-corrected chi connectivity index (χ1v) is 11.9. The van der Waals surface area contributed by atoms with Crippen molar-refractivity contribution in [3.8, 4) is 17.1 Å². The molecule has 11 heteroatoms. The van der Waals surface area contributed by atoms with E-state index in [2.05, 4.69) is 26.4 Å². The SMILES string of the molecule is Cc1cccc(-c2cnn(-c3nc(N)c4oc(C(=O)NCCCS(C)(=O)=O)cc4n3)c2)c1. The molecule has 166 valence electrons. The lowest BCUT2D eigenvalue weighted by Crippen LogP contribution is -2.25. The van der Waals surface area contributed by atoms with Crippen LogP contribution in [-0.4, -0.2) is 52.6 Å². The summed E-state index contributed by atoms with van der Waals surface area (Å²) >= 11 is 0. The van der Waals surface area contributed by atoms with Gasteiger partial charge in [0, 0.05) is 30.6 Å². The molecule has 3 N–H and O–H groups in total.